The monoisotopic (exact) mass is 398 g/mol. The smallest absolute Gasteiger partial charge is 0.274 e. The Bertz CT molecular complexity index is 960. The first kappa shape index (κ1) is 19.7. The molecule has 3 rings (SSSR count). The van der Waals surface area contributed by atoms with Crippen molar-refractivity contribution in [3.63, 3.8) is 0 Å². The van der Waals surface area contributed by atoms with Crippen LogP contribution in [0.5, 0.6) is 0 Å². The third-order valence-electron chi connectivity index (χ3n) is 4.34. The van der Waals surface area contributed by atoms with Gasteiger partial charge in [0.1, 0.15) is 0 Å². The summed E-state index contributed by atoms with van der Waals surface area (Å²) in [6.07, 6.45) is 3.39. The van der Waals surface area contributed by atoms with Crippen molar-refractivity contribution >= 4 is 46.0 Å². The number of carbonyl (C=O) groups excluding carboxylic acids is 2. The van der Waals surface area contributed by atoms with Crippen LogP contribution in [0.3, 0.4) is 0 Å². The first-order valence-corrected chi connectivity index (χ1v) is 9.68. The number of nitrogens with one attached hydrogen (secondary N) is 2. The number of allylic oxidation sites excluding steroid dienone is 2. The fourth-order valence-corrected chi connectivity index (χ4v) is 3.78. The fraction of sp³-hybridized carbons (Fsp3) is 0.316. The molecule has 1 saturated heterocycles. The standard InChI is InChI=1S/C19H22N6O2S/c1-5-6-14(20-4)11(2)21-19-23-15-7-8-28-17(15)16(24-19)18(27)25-9-13(10-25)22-12(3)26/h5-8,11,13H,1,4,9-10H2,2-3H3,(H,22,26)(H,21,23,24)/b14-6-. The lowest BCUT2D eigenvalue weighted by Gasteiger charge is -2.39. The summed E-state index contributed by atoms with van der Waals surface area (Å²) in [5.74, 6) is 0.0784. The molecule has 1 atom stereocenters. The first-order chi connectivity index (χ1) is 13.4. The number of rotatable bonds is 7. The Kier molecular flexibility index (Phi) is 5.84. The predicted octanol–water partition coefficient (Wildman–Crippen LogP) is 2.22. The summed E-state index contributed by atoms with van der Waals surface area (Å²) < 4.78 is 0.745. The van der Waals surface area contributed by atoms with E-state index >= 15 is 0 Å². The van der Waals surface area contributed by atoms with Crippen molar-refractivity contribution in [3.05, 3.63) is 41.6 Å². The highest BCUT2D eigenvalue weighted by Crippen LogP contribution is 2.26. The SMILES string of the molecule is C=C/C=C(\N=C)C(C)Nc1nc(C(=O)N2CC(NC(C)=O)C2)c2sccc2n1. The molecular formula is C19H22N6O2S. The number of hydrogen-bond donors (Lipinski definition) is 2. The van der Waals surface area contributed by atoms with Gasteiger partial charge in [-0.05, 0) is 31.2 Å². The van der Waals surface area contributed by atoms with Gasteiger partial charge < -0.3 is 15.5 Å². The highest BCUT2D eigenvalue weighted by atomic mass is 32.1. The van der Waals surface area contributed by atoms with Crippen molar-refractivity contribution in [1.29, 1.82) is 0 Å². The lowest BCUT2D eigenvalue weighted by Crippen LogP contribution is -2.60. The zero-order valence-corrected chi connectivity index (χ0v) is 16.6. The Labute approximate surface area is 167 Å². The van der Waals surface area contributed by atoms with Crippen molar-refractivity contribution in [2.75, 3.05) is 18.4 Å². The molecule has 146 valence electrons. The van der Waals surface area contributed by atoms with Crippen LogP contribution in [-0.2, 0) is 4.79 Å². The topological polar surface area (TPSA) is 99.6 Å². The second kappa shape index (κ2) is 8.30. The summed E-state index contributed by atoms with van der Waals surface area (Å²) in [7, 11) is 0. The van der Waals surface area contributed by atoms with Crippen molar-refractivity contribution in [2.24, 2.45) is 4.99 Å². The maximum atomic E-state index is 12.9. The molecule has 8 nitrogen and oxygen atoms in total. The molecule has 2 N–H and O–H groups in total. The van der Waals surface area contributed by atoms with E-state index in [1.807, 2.05) is 18.4 Å². The third-order valence-corrected chi connectivity index (χ3v) is 5.25. The van der Waals surface area contributed by atoms with Gasteiger partial charge in [-0.15, -0.1) is 11.3 Å². The summed E-state index contributed by atoms with van der Waals surface area (Å²) in [4.78, 5) is 38.7. The predicted molar refractivity (Wildman–Crippen MR) is 112 cm³/mol. The third kappa shape index (κ3) is 4.09. The van der Waals surface area contributed by atoms with E-state index in [0.717, 1.165) is 4.70 Å². The summed E-state index contributed by atoms with van der Waals surface area (Å²) in [5, 5.41) is 7.86. The number of amides is 2. The fourth-order valence-electron chi connectivity index (χ4n) is 2.97. The second-order valence-electron chi connectivity index (χ2n) is 6.49. The summed E-state index contributed by atoms with van der Waals surface area (Å²) in [6, 6.07) is 1.64. The van der Waals surface area contributed by atoms with Crippen LogP contribution >= 0.6 is 11.3 Å². The molecule has 1 unspecified atom stereocenters. The first-order valence-electron chi connectivity index (χ1n) is 8.80. The van der Waals surface area contributed by atoms with E-state index in [1.165, 1.54) is 18.3 Å². The second-order valence-corrected chi connectivity index (χ2v) is 7.41. The van der Waals surface area contributed by atoms with E-state index in [2.05, 4.69) is 38.9 Å². The van der Waals surface area contributed by atoms with E-state index in [9.17, 15) is 9.59 Å². The molecule has 0 aliphatic carbocycles. The van der Waals surface area contributed by atoms with Gasteiger partial charge in [0.15, 0.2) is 5.69 Å². The van der Waals surface area contributed by atoms with Gasteiger partial charge in [0, 0.05) is 20.0 Å². The van der Waals surface area contributed by atoms with Crippen molar-refractivity contribution in [3.8, 4) is 0 Å². The van der Waals surface area contributed by atoms with Crippen LogP contribution in [0.25, 0.3) is 10.2 Å². The number of nitrogens with zero attached hydrogens (tertiary/aromatic N) is 4. The molecule has 0 radical (unpaired) electrons. The molecule has 2 amide bonds. The number of thiophene rings is 1. The average molecular weight is 398 g/mol. The Morgan fingerprint density at radius 1 is 1.43 bits per heavy atom. The molecule has 3 heterocycles. The summed E-state index contributed by atoms with van der Waals surface area (Å²) in [6.45, 7) is 11.6. The minimum absolute atomic E-state index is 0.00926. The van der Waals surface area contributed by atoms with E-state index < -0.39 is 0 Å². The van der Waals surface area contributed by atoms with E-state index in [4.69, 9.17) is 0 Å². The molecule has 0 aromatic carbocycles. The van der Waals surface area contributed by atoms with Crippen LogP contribution < -0.4 is 10.6 Å². The molecule has 0 saturated carbocycles. The number of hydrogen-bond acceptors (Lipinski definition) is 7. The van der Waals surface area contributed by atoms with Gasteiger partial charge in [-0.25, -0.2) is 9.97 Å². The Morgan fingerprint density at radius 2 is 2.18 bits per heavy atom. The Hall–Kier alpha value is -3.07. The summed E-state index contributed by atoms with van der Waals surface area (Å²) in [5.41, 5.74) is 1.76. The number of aliphatic imine (C=N–C) groups is 1. The van der Waals surface area contributed by atoms with Crippen LogP contribution in [0.1, 0.15) is 24.3 Å². The number of carbonyl (C=O) groups is 2. The maximum absolute atomic E-state index is 12.9. The highest BCUT2D eigenvalue weighted by Gasteiger charge is 2.33. The maximum Gasteiger partial charge on any atom is 0.274 e. The molecule has 2 aromatic heterocycles. The molecule has 0 spiro atoms. The molecule has 28 heavy (non-hydrogen) atoms. The Balaban J connectivity index is 1.83. The quantitative estimate of drug-likeness (QED) is 0.550. The van der Waals surface area contributed by atoms with E-state index in [-0.39, 0.29) is 23.9 Å². The van der Waals surface area contributed by atoms with Gasteiger partial charge >= 0.3 is 0 Å². The minimum atomic E-state index is -0.206. The van der Waals surface area contributed by atoms with Crippen molar-refractivity contribution in [2.45, 2.75) is 25.9 Å². The normalized spacial score (nSPS) is 15.6. The van der Waals surface area contributed by atoms with Gasteiger partial charge in [0.25, 0.3) is 5.91 Å². The molecule has 2 aromatic rings. The van der Waals surface area contributed by atoms with Gasteiger partial charge in [-0.2, -0.15) is 0 Å². The van der Waals surface area contributed by atoms with E-state index in [1.54, 1.807) is 17.1 Å². The summed E-state index contributed by atoms with van der Waals surface area (Å²) >= 11 is 1.43. The molecule has 1 aliphatic heterocycles. The Morgan fingerprint density at radius 3 is 2.82 bits per heavy atom. The number of likely N-dealkylation sites (tertiary alicyclic amines) is 1. The zero-order chi connectivity index (χ0) is 20.3. The molecule has 0 bridgehead atoms. The van der Waals surface area contributed by atoms with Gasteiger partial charge in [-0.3, -0.25) is 14.6 Å². The van der Waals surface area contributed by atoms with Crippen LogP contribution in [0.4, 0.5) is 5.95 Å². The van der Waals surface area contributed by atoms with E-state index in [0.29, 0.717) is 35.9 Å². The molecule has 1 fully saturated rings. The number of anilines is 1. The highest BCUT2D eigenvalue weighted by molar-refractivity contribution is 7.17. The number of fused-ring (bicyclic) bond motifs is 1. The van der Waals surface area contributed by atoms with Crippen molar-refractivity contribution in [1.82, 2.24) is 20.2 Å². The molecule has 9 heteroatoms. The van der Waals surface area contributed by atoms with Gasteiger partial charge in [-0.1, -0.05) is 12.7 Å². The lowest BCUT2D eigenvalue weighted by atomic mass is 10.1. The van der Waals surface area contributed by atoms with Gasteiger partial charge in [0.2, 0.25) is 11.9 Å². The largest absolute Gasteiger partial charge is 0.350 e. The van der Waals surface area contributed by atoms with Crippen LogP contribution in [0.2, 0.25) is 0 Å². The zero-order valence-electron chi connectivity index (χ0n) is 15.8. The minimum Gasteiger partial charge on any atom is -0.350 e. The van der Waals surface area contributed by atoms with Crippen molar-refractivity contribution < 1.29 is 9.59 Å². The number of aromatic nitrogens is 2. The van der Waals surface area contributed by atoms with Crippen LogP contribution in [-0.4, -0.2) is 58.6 Å². The molecular weight excluding hydrogens is 376 g/mol. The van der Waals surface area contributed by atoms with Gasteiger partial charge in [0.05, 0.1) is 28.0 Å². The van der Waals surface area contributed by atoms with Crippen LogP contribution in [0, 0.1) is 0 Å². The lowest BCUT2D eigenvalue weighted by molar-refractivity contribution is -0.120. The average Bonchev–Trinajstić information content (AvgIpc) is 3.09. The van der Waals surface area contributed by atoms with Crippen LogP contribution in [0.15, 0.2) is 40.9 Å². The molecule has 1 aliphatic rings.